The Kier molecular flexibility index (Phi) is 8.97. The van der Waals surface area contributed by atoms with Crippen LogP contribution >= 0.6 is 0 Å². The van der Waals surface area contributed by atoms with E-state index in [4.69, 9.17) is 32.8 Å². The van der Waals surface area contributed by atoms with Crippen molar-refractivity contribution in [3.63, 3.8) is 0 Å². The summed E-state index contributed by atoms with van der Waals surface area (Å²) < 4.78 is 38.8. The Morgan fingerprint density at radius 3 is 2.17 bits per heavy atom. The quantitative estimate of drug-likeness (QED) is 0.287. The van der Waals surface area contributed by atoms with Gasteiger partial charge in [-0.15, -0.1) is 0 Å². The molecule has 0 spiro atoms. The van der Waals surface area contributed by atoms with Crippen molar-refractivity contribution in [1.29, 1.82) is 0 Å². The molecular formula is C28H27NO12. The van der Waals surface area contributed by atoms with Crippen LogP contribution in [-0.4, -0.2) is 66.2 Å². The second kappa shape index (κ2) is 12.6. The molecule has 2 aromatic heterocycles. The summed E-state index contributed by atoms with van der Waals surface area (Å²) in [7, 11) is 0. The minimum atomic E-state index is -1.44. The van der Waals surface area contributed by atoms with E-state index in [2.05, 4.69) is 4.98 Å². The first-order valence-corrected chi connectivity index (χ1v) is 12.5. The molecule has 4 rings (SSSR count). The van der Waals surface area contributed by atoms with Gasteiger partial charge in [0.05, 0.1) is 16.6 Å². The molecule has 216 valence electrons. The first-order chi connectivity index (χ1) is 19.5. The zero-order chi connectivity index (χ0) is 29.7. The Morgan fingerprint density at radius 2 is 1.54 bits per heavy atom. The van der Waals surface area contributed by atoms with Gasteiger partial charge in [0.25, 0.3) is 0 Å². The van der Waals surface area contributed by atoms with Gasteiger partial charge in [0.2, 0.25) is 17.8 Å². The second-order valence-corrected chi connectivity index (χ2v) is 9.04. The van der Waals surface area contributed by atoms with Crippen molar-refractivity contribution in [2.75, 3.05) is 6.61 Å². The average molecular weight is 570 g/mol. The van der Waals surface area contributed by atoms with Crippen LogP contribution in [0, 0.1) is 0 Å². The normalized spacial score (nSPS) is 21.9. The Hall–Kier alpha value is -4.78. The molecule has 1 saturated heterocycles. The van der Waals surface area contributed by atoms with Crippen LogP contribution in [0.15, 0.2) is 58.1 Å². The number of fused-ring (bicyclic) bond motifs is 1. The molecule has 41 heavy (non-hydrogen) atoms. The molecule has 0 bridgehead atoms. The first kappa shape index (κ1) is 29.2. The molecule has 13 nitrogen and oxygen atoms in total. The van der Waals surface area contributed by atoms with E-state index in [-0.39, 0.29) is 27.7 Å². The zero-order valence-corrected chi connectivity index (χ0v) is 22.6. The van der Waals surface area contributed by atoms with Crippen LogP contribution in [0.1, 0.15) is 27.7 Å². The lowest BCUT2D eigenvalue weighted by Gasteiger charge is -2.43. The summed E-state index contributed by atoms with van der Waals surface area (Å²) in [4.78, 5) is 64.7. The molecule has 0 amide bonds. The van der Waals surface area contributed by atoms with Crippen LogP contribution < -0.4 is 10.2 Å². The van der Waals surface area contributed by atoms with E-state index in [1.807, 2.05) is 0 Å². The molecule has 1 fully saturated rings. The highest BCUT2D eigenvalue weighted by Gasteiger charge is 2.53. The number of benzene rings is 1. The molecule has 5 atom stereocenters. The molecule has 0 aliphatic carbocycles. The number of rotatable bonds is 8. The summed E-state index contributed by atoms with van der Waals surface area (Å²) >= 11 is 0. The Bertz CT molecular complexity index is 1500. The fraction of sp³-hybridized carbons (Fsp3) is 0.357. The molecule has 3 aromatic rings. The maximum Gasteiger partial charge on any atom is 0.303 e. The van der Waals surface area contributed by atoms with Crippen molar-refractivity contribution in [2.45, 2.75) is 58.4 Å². The molecule has 1 aromatic carbocycles. The minimum Gasteiger partial charge on any atom is -0.463 e. The average Bonchev–Trinajstić information content (AvgIpc) is 2.91. The first-order valence-electron chi connectivity index (χ1n) is 12.5. The van der Waals surface area contributed by atoms with E-state index in [0.717, 1.165) is 20.8 Å². The number of hydrogen-bond acceptors (Lipinski definition) is 13. The lowest BCUT2D eigenvalue weighted by Crippen LogP contribution is -2.63. The zero-order valence-electron chi connectivity index (χ0n) is 22.6. The second-order valence-electron chi connectivity index (χ2n) is 9.04. The van der Waals surface area contributed by atoms with Crippen molar-refractivity contribution >= 4 is 34.8 Å². The molecule has 1 aliphatic rings. The van der Waals surface area contributed by atoms with Gasteiger partial charge in [-0.25, -0.2) is 0 Å². The van der Waals surface area contributed by atoms with Crippen molar-refractivity contribution in [2.24, 2.45) is 0 Å². The molecular weight excluding hydrogens is 542 g/mol. The molecule has 13 heteroatoms. The van der Waals surface area contributed by atoms with E-state index < -0.39 is 61.2 Å². The van der Waals surface area contributed by atoms with Crippen molar-refractivity contribution < 1.29 is 52.0 Å². The third kappa shape index (κ3) is 7.06. The summed E-state index contributed by atoms with van der Waals surface area (Å²) in [6, 6.07) is 9.52. The topological polar surface area (TPSA) is 167 Å². The number of aromatic nitrogens is 1. The van der Waals surface area contributed by atoms with Gasteiger partial charge in [-0.3, -0.25) is 29.0 Å². The van der Waals surface area contributed by atoms with Crippen LogP contribution in [0.4, 0.5) is 0 Å². The number of ether oxygens (including phenoxy) is 6. The summed E-state index contributed by atoms with van der Waals surface area (Å²) in [6.45, 7) is 4.13. The fourth-order valence-corrected chi connectivity index (χ4v) is 4.30. The number of carbonyl (C=O) groups excluding carboxylic acids is 4. The number of nitrogens with zero attached hydrogens (tertiary/aromatic N) is 1. The van der Waals surface area contributed by atoms with Gasteiger partial charge in [-0.05, 0) is 24.3 Å². The highest BCUT2D eigenvalue weighted by Crippen LogP contribution is 2.32. The van der Waals surface area contributed by atoms with Crippen LogP contribution in [-0.2, 0) is 42.9 Å². The van der Waals surface area contributed by atoms with Gasteiger partial charge in [-0.2, -0.15) is 0 Å². The lowest BCUT2D eigenvalue weighted by atomic mass is 9.98. The standard InChI is InChI=1S/C28H27NO12/c1-14(30)35-13-23-25(37-15(2)31)26(38-16(3)32)27(39-17(4)33)28(41-23)40-18-8-9-19-22(11-18)36-12-20(24(19)34)21-7-5-6-10-29-21/h5-12,23,25-28H,13H2,1-4H3/t23-,25-,26+,27+,28-/m1/s1. The van der Waals surface area contributed by atoms with E-state index in [9.17, 15) is 24.0 Å². The Morgan fingerprint density at radius 1 is 0.854 bits per heavy atom. The van der Waals surface area contributed by atoms with Crippen LogP contribution in [0.5, 0.6) is 5.75 Å². The predicted molar refractivity (Wildman–Crippen MR) is 138 cm³/mol. The summed E-state index contributed by atoms with van der Waals surface area (Å²) in [6.07, 6.45) is -3.90. The van der Waals surface area contributed by atoms with Gasteiger partial charge in [0.15, 0.2) is 12.2 Å². The highest BCUT2D eigenvalue weighted by molar-refractivity contribution is 5.82. The highest BCUT2D eigenvalue weighted by atomic mass is 16.7. The Balaban J connectivity index is 1.70. The smallest absolute Gasteiger partial charge is 0.303 e. The van der Waals surface area contributed by atoms with Gasteiger partial charge >= 0.3 is 23.9 Å². The van der Waals surface area contributed by atoms with Crippen LogP contribution in [0.25, 0.3) is 22.2 Å². The summed E-state index contributed by atoms with van der Waals surface area (Å²) in [5.41, 5.74) is 0.578. The Labute approximate surface area is 233 Å². The van der Waals surface area contributed by atoms with Crippen LogP contribution in [0.3, 0.4) is 0 Å². The van der Waals surface area contributed by atoms with Crippen molar-refractivity contribution in [3.05, 3.63) is 59.1 Å². The van der Waals surface area contributed by atoms with Gasteiger partial charge in [0, 0.05) is 40.0 Å². The van der Waals surface area contributed by atoms with Crippen LogP contribution in [0.2, 0.25) is 0 Å². The monoisotopic (exact) mass is 569 g/mol. The van der Waals surface area contributed by atoms with E-state index in [1.54, 1.807) is 24.4 Å². The van der Waals surface area contributed by atoms with Crippen molar-refractivity contribution in [3.8, 4) is 17.0 Å². The lowest BCUT2D eigenvalue weighted by molar-refractivity contribution is -0.288. The molecule has 1 aliphatic heterocycles. The van der Waals surface area contributed by atoms with E-state index >= 15 is 0 Å². The predicted octanol–water partition coefficient (Wildman–Crippen LogP) is 2.32. The van der Waals surface area contributed by atoms with E-state index in [1.165, 1.54) is 31.4 Å². The number of pyridine rings is 1. The number of esters is 4. The van der Waals surface area contributed by atoms with Crippen molar-refractivity contribution in [1.82, 2.24) is 4.98 Å². The van der Waals surface area contributed by atoms with Gasteiger partial charge in [-0.1, -0.05) is 6.07 Å². The molecule has 0 radical (unpaired) electrons. The molecule has 0 unspecified atom stereocenters. The molecule has 0 N–H and O–H groups in total. The third-order valence-corrected chi connectivity index (χ3v) is 5.89. The SMILES string of the molecule is CC(=O)OC[C@H]1O[C@@H](Oc2ccc3c(=O)c(-c4ccccn4)coc3c2)[C@@H](OC(C)=O)[C@@H](OC(C)=O)[C@@H]1OC(C)=O. The maximum absolute atomic E-state index is 13.1. The maximum atomic E-state index is 13.1. The summed E-state index contributed by atoms with van der Waals surface area (Å²) in [5.74, 6) is -2.80. The van der Waals surface area contributed by atoms with Gasteiger partial charge < -0.3 is 32.8 Å². The number of hydrogen-bond donors (Lipinski definition) is 0. The van der Waals surface area contributed by atoms with E-state index in [0.29, 0.717) is 5.69 Å². The molecule has 3 heterocycles. The minimum absolute atomic E-state index is 0.132. The third-order valence-electron chi connectivity index (χ3n) is 5.89. The molecule has 0 saturated carbocycles. The summed E-state index contributed by atoms with van der Waals surface area (Å²) in [5, 5.41) is 0.252. The largest absolute Gasteiger partial charge is 0.463 e. The van der Waals surface area contributed by atoms with Gasteiger partial charge in [0.1, 0.15) is 30.3 Å². The fourth-order valence-electron chi connectivity index (χ4n) is 4.30. The number of carbonyl (C=O) groups is 4.